The minimum Gasteiger partial charge on any atom is -0.508 e. The molecule has 0 aromatic heterocycles. The van der Waals surface area contributed by atoms with Crippen molar-refractivity contribution in [3.05, 3.63) is 94.5 Å². The largest absolute Gasteiger partial charge is 0.508 e. The fraction of sp³-hybridized carbons (Fsp3) is 0.455. The van der Waals surface area contributed by atoms with Crippen molar-refractivity contribution >= 4 is 9.84 Å². The van der Waals surface area contributed by atoms with E-state index in [1.807, 2.05) is 24.3 Å². The zero-order valence-electron chi connectivity index (χ0n) is 23.7. The Bertz CT molecular complexity index is 1350. The first kappa shape index (κ1) is 31.2. The lowest BCUT2D eigenvalue weighted by Crippen LogP contribution is -2.23. The van der Waals surface area contributed by atoms with Gasteiger partial charge >= 0.3 is 0 Å². The quantitative estimate of drug-likeness (QED) is 0.176. The van der Waals surface area contributed by atoms with Crippen molar-refractivity contribution in [2.24, 2.45) is 0 Å². The standard InChI is InChI=1S/C33H43NO6S/c35-23-29-21-28(14-15-32(29)36)33(37)22-34-17-16-26-8-5-10-27(19-26)24-40-18-4-3-7-25-9-6-13-31(20-25)41(38,39)30-11-1-2-12-30/h5-6,8-10,13-15,19-21,30,33-37H,1-4,7,11-12,16-18,22-24H2. The van der Waals surface area contributed by atoms with Crippen LogP contribution in [0.4, 0.5) is 0 Å². The summed E-state index contributed by atoms with van der Waals surface area (Å²) in [6.07, 6.45) is 6.35. The highest BCUT2D eigenvalue weighted by Gasteiger charge is 2.30. The highest BCUT2D eigenvalue weighted by molar-refractivity contribution is 7.92. The van der Waals surface area contributed by atoms with Crippen LogP contribution in [0, 0.1) is 0 Å². The third-order valence-electron chi connectivity index (χ3n) is 7.82. The zero-order chi connectivity index (χ0) is 29.1. The zero-order valence-corrected chi connectivity index (χ0v) is 24.5. The minimum absolute atomic E-state index is 0.0232. The summed E-state index contributed by atoms with van der Waals surface area (Å²) >= 11 is 0. The number of aromatic hydroxyl groups is 1. The number of aryl methyl sites for hydroxylation is 1. The van der Waals surface area contributed by atoms with Gasteiger partial charge in [0.25, 0.3) is 0 Å². The van der Waals surface area contributed by atoms with Crippen molar-refractivity contribution in [2.45, 2.75) is 80.8 Å². The molecule has 1 atom stereocenters. The predicted molar refractivity (Wildman–Crippen MR) is 160 cm³/mol. The molecule has 1 saturated carbocycles. The fourth-order valence-electron chi connectivity index (χ4n) is 5.40. The molecule has 0 saturated heterocycles. The Morgan fingerprint density at radius 1 is 0.902 bits per heavy atom. The lowest BCUT2D eigenvalue weighted by molar-refractivity contribution is 0.117. The smallest absolute Gasteiger partial charge is 0.181 e. The number of unbranched alkanes of at least 4 members (excludes halogenated alkanes) is 1. The monoisotopic (exact) mass is 581 g/mol. The number of sulfone groups is 1. The van der Waals surface area contributed by atoms with Crippen LogP contribution >= 0.6 is 0 Å². The molecule has 0 bridgehead atoms. The van der Waals surface area contributed by atoms with Gasteiger partial charge in [-0.25, -0.2) is 8.42 Å². The molecule has 4 rings (SSSR count). The van der Waals surface area contributed by atoms with Crippen molar-refractivity contribution in [3.8, 4) is 5.75 Å². The molecule has 4 N–H and O–H groups in total. The maximum Gasteiger partial charge on any atom is 0.181 e. The van der Waals surface area contributed by atoms with Crippen molar-refractivity contribution in [1.29, 1.82) is 0 Å². The predicted octanol–water partition coefficient (Wildman–Crippen LogP) is 5.01. The van der Waals surface area contributed by atoms with Gasteiger partial charge in [0.05, 0.1) is 29.5 Å². The van der Waals surface area contributed by atoms with Gasteiger partial charge in [0.2, 0.25) is 0 Å². The second-order valence-electron chi connectivity index (χ2n) is 10.9. The van der Waals surface area contributed by atoms with Crippen molar-refractivity contribution < 1.29 is 28.5 Å². The second kappa shape index (κ2) is 15.5. The molecular formula is C33H43NO6S. The molecule has 0 radical (unpaired) electrons. The van der Waals surface area contributed by atoms with E-state index in [9.17, 15) is 23.7 Å². The molecule has 1 aliphatic carbocycles. The molecule has 3 aromatic carbocycles. The van der Waals surface area contributed by atoms with Crippen LogP contribution < -0.4 is 5.32 Å². The van der Waals surface area contributed by atoms with Crippen LogP contribution in [0.5, 0.6) is 5.75 Å². The average Bonchev–Trinajstić information content (AvgIpc) is 3.54. The molecule has 222 valence electrons. The Morgan fingerprint density at radius 2 is 1.63 bits per heavy atom. The van der Waals surface area contributed by atoms with E-state index in [4.69, 9.17) is 4.74 Å². The molecule has 0 spiro atoms. The van der Waals surface area contributed by atoms with Gasteiger partial charge in [0.1, 0.15) is 5.75 Å². The number of hydrogen-bond acceptors (Lipinski definition) is 7. The molecule has 41 heavy (non-hydrogen) atoms. The van der Waals surface area contributed by atoms with Crippen molar-refractivity contribution in [1.82, 2.24) is 5.32 Å². The minimum atomic E-state index is -3.22. The van der Waals surface area contributed by atoms with Crippen LogP contribution in [0.15, 0.2) is 71.6 Å². The third-order valence-corrected chi connectivity index (χ3v) is 10.1. The summed E-state index contributed by atoms with van der Waals surface area (Å²) in [5.74, 6) is 0.0232. The number of aliphatic hydroxyl groups excluding tert-OH is 2. The van der Waals surface area contributed by atoms with Gasteiger partial charge < -0.3 is 25.4 Å². The van der Waals surface area contributed by atoms with Crippen LogP contribution in [-0.2, 0) is 40.6 Å². The van der Waals surface area contributed by atoms with Gasteiger partial charge in [-0.3, -0.25) is 0 Å². The van der Waals surface area contributed by atoms with Crippen molar-refractivity contribution in [2.75, 3.05) is 19.7 Å². The number of rotatable bonds is 16. The SMILES string of the molecule is O=S(=O)(c1cccc(CCCCOCc2cccc(CCNCC(O)c3ccc(O)c(CO)c3)c2)c1)C1CCCC1. The van der Waals surface area contributed by atoms with Crippen LogP contribution in [-0.4, -0.2) is 48.7 Å². The first-order valence-electron chi connectivity index (χ1n) is 14.7. The molecule has 1 unspecified atom stereocenters. The number of aliphatic hydroxyl groups is 2. The van der Waals surface area contributed by atoms with E-state index in [2.05, 4.69) is 23.5 Å². The fourth-order valence-corrected chi connectivity index (χ4v) is 7.32. The maximum atomic E-state index is 12.9. The van der Waals surface area contributed by atoms with Crippen LogP contribution in [0.3, 0.4) is 0 Å². The topological polar surface area (TPSA) is 116 Å². The number of nitrogens with one attached hydrogen (secondary N) is 1. The molecule has 0 aliphatic heterocycles. The first-order chi connectivity index (χ1) is 19.9. The third kappa shape index (κ3) is 9.12. The van der Waals surface area contributed by atoms with E-state index in [1.54, 1.807) is 18.2 Å². The number of benzene rings is 3. The van der Waals surface area contributed by atoms with Crippen molar-refractivity contribution in [3.63, 3.8) is 0 Å². The normalized spacial score (nSPS) is 14.9. The second-order valence-corrected chi connectivity index (χ2v) is 13.2. The lowest BCUT2D eigenvalue weighted by atomic mass is 10.0. The maximum absolute atomic E-state index is 12.9. The number of hydrogen-bond donors (Lipinski definition) is 4. The van der Waals surface area contributed by atoms with E-state index >= 15 is 0 Å². The Hall–Kier alpha value is -2.75. The van der Waals surface area contributed by atoms with Gasteiger partial charge in [-0.1, -0.05) is 55.3 Å². The Balaban J connectivity index is 1.12. The van der Waals surface area contributed by atoms with E-state index in [1.165, 1.54) is 11.6 Å². The van der Waals surface area contributed by atoms with Gasteiger partial charge in [-0.15, -0.1) is 0 Å². The van der Waals surface area contributed by atoms with Gasteiger partial charge in [-0.2, -0.15) is 0 Å². The van der Waals surface area contributed by atoms with Crippen LogP contribution in [0.2, 0.25) is 0 Å². The molecule has 1 fully saturated rings. The molecule has 1 aliphatic rings. The molecular weight excluding hydrogens is 538 g/mol. The average molecular weight is 582 g/mol. The van der Waals surface area contributed by atoms with E-state index < -0.39 is 15.9 Å². The van der Waals surface area contributed by atoms with Crippen LogP contribution in [0.25, 0.3) is 0 Å². The highest BCUT2D eigenvalue weighted by Crippen LogP contribution is 2.30. The number of phenols is 1. The molecule has 3 aromatic rings. The van der Waals surface area contributed by atoms with Gasteiger partial charge in [-0.05, 0) is 91.6 Å². The summed E-state index contributed by atoms with van der Waals surface area (Å²) in [5.41, 5.74) is 4.42. The molecule has 8 heteroatoms. The van der Waals surface area contributed by atoms with Gasteiger partial charge in [0.15, 0.2) is 9.84 Å². The molecule has 0 amide bonds. The Kier molecular flexibility index (Phi) is 11.8. The van der Waals surface area contributed by atoms with E-state index in [-0.39, 0.29) is 17.6 Å². The highest BCUT2D eigenvalue weighted by atomic mass is 32.2. The van der Waals surface area contributed by atoms with Gasteiger partial charge in [0, 0.05) is 18.7 Å². The first-order valence-corrected chi connectivity index (χ1v) is 16.2. The summed E-state index contributed by atoms with van der Waals surface area (Å²) in [6.45, 7) is 2.00. The molecule has 0 heterocycles. The van der Waals surface area contributed by atoms with E-state index in [0.717, 1.165) is 62.5 Å². The summed E-state index contributed by atoms with van der Waals surface area (Å²) in [6, 6.07) is 20.5. The number of ether oxygens (including phenoxy) is 1. The summed E-state index contributed by atoms with van der Waals surface area (Å²) in [5, 5.41) is 32.5. The van der Waals surface area contributed by atoms with Crippen LogP contribution in [0.1, 0.15) is 72.4 Å². The summed E-state index contributed by atoms with van der Waals surface area (Å²) < 4.78 is 31.7. The Morgan fingerprint density at radius 3 is 2.41 bits per heavy atom. The summed E-state index contributed by atoms with van der Waals surface area (Å²) in [4.78, 5) is 0.471. The summed E-state index contributed by atoms with van der Waals surface area (Å²) in [7, 11) is -3.22. The Labute approximate surface area is 244 Å². The van der Waals surface area contributed by atoms with E-state index in [0.29, 0.717) is 42.3 Å². The molecule has 7 nitrogen and oxygen atoms in total. The lowest BCUT2D eigenvalue weighted by Gasteiger charge is -2.14.